The van der Waals surface area contributed by atoms with Crippen molar-refractivity contribution in [3.8, 4) is 0 Å². The van der Waals surface area contributed by atoms with Gasteiger partial charge in [-0.15, -0.1) is 0 Å². The molecule has 6 heteroatoms. The summed E-state index contributed by atoms with van der Waals surface area (Å²) in [5.41, 5.74) is 1.30. The van der Waals surface area contributed by atoms with Crippen LogP contribution in [0.15, 0.2) is 6.20 Å². The van der Waals surface area contributed by atoms with Crippen LogP contribution < -0.4 is 5.32 Å². The smallest absolute Gasteiger partial charge is 0.305 e. The first kappa shape index (κ1) is 14.2. The lowest BCUT2D eigenvalue weighted by Crippen LogP contribution is -2.26. The normalized spacial score (nSPS) is 10.7. The van der Waals surface area contributed by atoms with Gasteiger partial charge >= 0.3 is 5.97 Å². The van der Waals surface area contributed by atoms with Crippen LogP contribution in [-0.4, -0.2) is 33.3 Å². The van der Waals surface area contributed by atoms with Gasteiger partial charge in [-0.25, -0.2) is 0 Å². The van der Waals surface area contributed by atoms with E-state index < -0.39 is 5.97 Å². The standard InChI is InChI=1S/C12H19N3O3/c1-8(2)7-15-9(3)10(6-14-15)12(18)13-5-4-11(16)17/h6,8H,4-5,7H2,1-3H3,(H,13,18)(H,16,17). The number of carboxylic acid groups (broad SMARTS) is 1. The number of nitrogens with one attached hydrogen (secondary N) is 1. The predicted molar refractivity (Wildman–Crippen MR) is 66.4 cm³/mol. The Bertz CT molecular complexity index is 438. The number of carbonyl (C=O) groups is 2. The zero-order chi connectivity index (χ0) is 13.7. The van der Waals surface area contributed by atoms with Crippen molar-refractivity contribution in [3.05, 3.63) is 17.5 Å². The lowest BCUT2D eigenvalue weighted by Gasteiger charge is -2.08. The first-order valence-corrected chi connectivity index (χ1v) is 5.94. The second kappa shape index (κ2) is 6.18. The molecule has 0 aromatic carbocycles. The van der Waals surface area contributed by atoms with Crippen molar-refractivity contribution in [3.63, 3.8) is 0 Å². The molecule has 0 fully saturated rings. The first-order valence-electron chi connectivity index (χ1n) is 5.94. The minimum Gasteiger partial charge on any atom is -0.481 e. The molecule has 0 radical (unpaired) electrons. The predicted octanol–water partition coefficient (Wildman–Crippen LogP) is 1.05. The molecule has 0 aliphatic heterocycles. The molecule has 6 nitrogen and oxygen atoms in total. The maximum absolute atomic E-state index is 11.8. The Hall–Kier alpha value is -1.85. The summed E-state index contributed by atoms with van der Waals surface area (Å²) >= 11 is 0. The Kier molecular flexibility index (Phi) is 4.88. The van der Waals surface area contributed by atoms with Crippen LogP contribution in [0.4, 0.5) is 0 Å². The zero-order valence-electron chi connectivity index (χ0n) is 10.9. The van der Waals surface area contributed by atoms with E-state index in [1.807, 2.05) is 6.92 Å². The summed E-state index contributed by atoms with van der Waals surface area (Å²) in [7, 11) is 0. The van der Waals surface area contributed by atoms with Crippen molar-refractivity contribution in [2.24, 2.45) is 5.92 Å². The van der Waals surface area contributed by atoms with Gasteiger partial charge in [0.2, 0.25) is 0 Å². The number of rotatable bonds is 6. The molecule has 0 aliphatic rings. The van der Waals surface area contributed by atoms with Crippen molar-refractivity contribution in [2.45, 2.75) is 33.7 Å². The highest BCUT2D eigenvalue weighted by Crippen LogP contribution is 2.09. The average Bonchev–Trinajstić information content (AvgIpc) is 2.59. The molecular formula is C12H19N3O3. The van der Waals surface area contributed by atoms with Crippen molar-refractivity contribution in [2.75, 3.05) is 6.54 Å². The van der Waals surface area contributed by atoms with Crippen LogP contribution in [0.1, 0.15) is 36.3 Å². The Balaban J connectivity index is 2.63. The van der Waals surface area contributed by atoms with Gasteiger partial charge in [-0.2, -0.15) is 5.10 Å². The summed E-state index contributed by atoms with van der Waals surface area (Å²) in [6.45, 7) is 6.88. The van der Waals surface area contributed by atoms with E-state index in [9.17, 15) is 9.59 Å². The van der Waals surface area contributed by atoms with E-state index in [1.165, 1.54) is 6.20 Å². The fourth-order valence-electron chi connectivity index (χ4n) is 1.58. The van der Waals surface area contributed by atoms with Crippen LogP contribution in [0.25, 0.3) is 0 Å². The molecule has 18 heavy (non-hydrogen) atoms. The van der Waals surface area contributed by atoms with Gasteiger partial charge in [0.1, 0.15) is 0 Å². The summed E-state index contributed by atoms with van der Waals surface area (Å²) in [6, 6.07) is 0. The molecule has 1 rings (SSSR count). The van der Waals surface area contributed by atoms with Crippen molar-refractivity contribution in [1.82, 2.24) is 15.1 Å². The molecule has 0 spiro atoms. The monoisotopic (exact) mass is 253 g/mol. The number of aliphatic carboxylic acids is 1. The summed E-state index contributed by atoms with van der Waals surface area (Å²) in [4.78, 5) is 22.1. The molecule has 1 aromatic rings. The molecule has 0 aliphatic carbocycles. The second-order valence-electron chi connectivity index (χ2n) is 4.62. The van der Waals surface area contributed by atoms with Gasteiger partial charge in [0, 0.05) is 18.8 Å². The van der Waals surface area contributed by atoms with E-state index in [1.54, 1.807) is 4.68 Å². The zero-order valence-corrected chi connectivity index (χ0v) is 10.9. The van der Waals surface area contributed by atoms with Crippen molar-refractivity contribution in [1.29, 1.82) is 0 Å². The minimum absolute atomic E-state index is 0.0785. The van der Waals surface area contributed by atoms with Crippen molar-refractivity contribution >= 4 is 11.9 Å². The van der Waals surface area contributed by atoms with Crippen LogP contribution in [0.2, 0.25) is 0 Å². The second-order valence-corrected chi connectivity index (χ2v) is 4.62. The Morgan fingerprint density at radius 2 is 2.17 bits per heavy atom. The molecule has 100 valence electrons. The number of hydrogen-bond acceptors (Lipinski definition) is 3. The lowest BCUT2D eigenvalue weighted by molar-refractivity contribution is -0.136. The third-order valence-corrected chi connectivity index (χ3v) is 2.51. The molecular weight excluding hydrogens is 234 g/mol. The van der Waals surface area contributed by atoms with E-state index in [0.717, 1.165) is 12.2 Å². The van der Waals surface area contributed by atoms with Crippen molar-refractivity contribution < 1.29 is 14.7 Å². The third kappa shape index (κ3) is 3.87. The molecule has 1 heterocycles. The summed E-state index contributed by atoms with van der Waals surface area (Å²) in [5, 5.41) is 15.2. The van der Waals surface area contributed by atoms with Crippen LogP contribution >= 0.6 is 0 Å². The minimum atomic E-state index is -0.928. The van der Waals surface area contributed by atoms with Crippen LogP contribution in [0.3, 0.4) is 0 Å². The van der Waals surface area contributed by atoms with E-state index in [2.05, 4.69) is 24.3 Å². The topological polar surface area (TPSA) is 84.2 Å². The average molecular weight is 253 g/mol. The van der Waals surface area contributed by atoms with Gasteiger partial charge in [0.25, 0.3) is 5.91 Å². The highest BCUT2D eigenvalue weighted by molar-refractivity contribution is 5.95. The molecule has 0 bridgehead atoms. The van der Waals surface area contributed by atoms with E-state index in [4.69, 9.17) is 5.11 Å². The number of amides is 1. The summed E-state index contributed by atoms with van der Waals surface area (Å²) < 4.78 is 1.79. The fraction of sp³-hybridized carbons (Fsp3) is 0.583. The third-order valence-electron chi connectivity index (χ3n) is 2.51. The highest BCUT2D eigenvalue weighted by Gasteiger charge is 2.14. The fourth-order valence-corrected chi connectivity index (χ4v) is 1.58. The summed E-state index contributed by atoms with van der Waals surface area (Å²) in [6.07, 6.45) is 1.44. The number of nitrogens with zero attached hydrogens (tertiary/aromatic N) is 2. The molecule has 1 amide bonds. The maximum atomic E-state index is 11.8. The quantitative estimate of drug-likeness (QED) is 0.793. The van der Waals surface area contributed by atoms with Gasteiger partial charge in [-0.05, 0) is 12.8 Å². The molecule has 0 saturated heterocycles. The number of carboxylic acids is 1. The number of carbonyl (C=O) groups excluding carboxylic acids is 1. The Morgan fingerprint density at radius 1 is 1.50 bits per heavy atom. The van der Waals surface area contributed by atoms with Gasteiger partial charge < -0.3 is 10.4 Å². The Morgan fingerprint density at radius 3 is 2.72 bits per heavy atom. The Labute approximate surface area is 106 Å². The van der Waals surface area contributed by atoms with Gasteiger partial charge in [-0.3, -0.25) is 14.3 Å². The molecule has 0 saturated carbocycles. The molecule has 0 atom stereocenters. The maximum Gasteiger partial charge on any atom is 0.305 e. The highest BCUT2D eigenvalue weighted by atomic mass is 16.4. The van der Waals surface area contributed by atoms with Gasteiger partial charge in [-0.1, -0.05) is 13.8 Å². The largest absolute Gasteiger partial charge is 0.481 e. The molecule has 1 aromatic heterocycles. The van der Waals surface area contributed by atoms with Crippen LogP contribution in [0.5, 0.6) is 0 Å². The van der Waals surface area contributed by atoms with E-state index >= 15 is 0 Å². The number of hydrogen-bond donors (Lipinski definition) is 2. The van der Waals surface area contributed by atoms with Gasteiger partial charge in [0.05, 0.1) is 18.2 Å². The SMILES string of the molecule is Cc1c(C(=O)NCCC(=O)O)cnn1CC(C)C. The van der Waals surface area contributed by atoms with Crippen LogP contribution in [0, 0.1) is 12.8 Å². The van der Waals surface area contributed by atoms with E-state index in [0.29, 0.717) is 11.5 Å². The number of aromatic nitrogens is 2. The first-order chi connectivity index (χ1) is 8.41. The molecule has 2 N–H and O–H groups in total. The summed E-state index contributed by atoms with van der Waals surface area (Å²) in [5.74, 6) is -0.752. The molecule has 0 unspecified atom stereocenters. The van der Waals surface area contributed by atoms with Gasteiger partial charge in [0.15, 0.2) is 0 Å². The van der Waals surface area contributed by atoms with Crippen LogP contribution in [-0.2, 0) is 11.3 Å². The lowest BCUT2D eigenvalue weighted by atomic mass is 10.2. The van der Waals surface area contributed by atoms with E-state index in [-0.39, 0.29) is 18.9 Å².